The van der Waals surface area contributed by atoms with Gasteiger partial charge in [-0.25, -0.2) is 4.79 Å². The number of hydrogen-bond acceptors (Lipinski definition) is 5. The highest BCUT2D eigenvalue weighted by molar-refractivity contribution is 5.75. The molecule has 2 atom stereocenters. The van der Waals surface area contributed by atoms with Crippen LogP contribution in [0.2, 0.25) is 0 Å². The van der Waals surface area contributed by atoms with Gasteiger partial charge in [-0.1, -0.05) is 42.5 Å². The van der Waals surface area contributed by atoms with Gasteiger partial charge in [0.05, 0.1) is 13.7 Å². The summed E-state index contributed by atoms with van der Waals surface area (Å²) in [5, 5.41) is 19.9. The van der Waals surface area contributed by atoms with Gasteiger partial charge in [0, 0.05) is 5.56 Å². The summed E-state index contributed by atoms with van der Waals surface area (Å²) in [4.78, 5) is 11.5. The minimum atomic E-state index is -1.60. The molecule has 5 nitrogen and oxygen atoms in total. The second kappa shape index (κ2) is 7.76. The first-order valence-corrected chi connectivity index (χ1v) is 7.34. The van der Waals surface area contributed by atoms with Crippen LogP contribution in [-0.4, -0.2) is 36.0 Å². The Morgan fingerprint density at radius 2 is 1.74 bits per heavy atom. The molecule has 0 heterocycles. The number of para-hydroxylation sites is 1. The topological polar surface area (TPSA) is 76.0 Å². The van der Waals surface area contributed by atoms with Crippen molar-refractivity contribution in [3.05, 3.63) is 54.1 Å². The summed E-state index contributed by atoms with van der Waals surface area (Å²) in [6.45, 7) is 1.79. The number of rotatable bonds is 6. The molecule has 0 spiro atoms. The Morgan fingerprint density at radius 1 is 1.09 bits per heavy atom. The lowest BCUT2D eigenvalue weighted by molar-refractivity contribution is -0.159. The molecule has 0 aromatic heterocycles. The number of ether oxygens (including phenoxy) is 2. The average Bonchev–Trinajstić information content (AvgIpc) is 2.60. The second-order valence-corrected chi connectivity index (χ2v) is 4.96. The first kappa shape index (κ1) is 17.0. The van der Waals surface area contributed by atoms with Gasteiger partial charge in [0.15, 0.2) is 6.10 Å². The van der Waals surface area contributed by atoms with Gasteiger partial charge in [-0.15, -0.1) is 0 Å². The van der Waals surface area contributed by atoms with Crippen LogP contribution in [-0.2, 0) is 9.53 Å². The summed E-state index contributed by atoms with van der Waals surface area (Å²) in [7, 11) is 1.60. The van der Waals surface area contributed by atoms with E-state index in [0.29, 0.717) is 5.56 Å². The van der Waals surface area contributed by atoms with Crippen molar-refractivity contribution >= 4 is 5.97 Å². The van der Waals surface area contributed by atoms with Crippen molar-refractivity contribution in [3.8, 4) is 16.9 Å². The van der Waals surface area contributed by atoms with Crippen molar-refractivity contribution in [2.45, 2.75) is 19.1 Å². The molecule has 23 heavy (non-hydrogen) atoms. The van der Waals surface area contributed by atoms with Gasteiger partial charge >= 0.3 is 5.97 Å². The van der Waals surface area contributed by atoms with E-state index in [-0.39, 0.29) is 6.61 Å². The third-order valence-corrected chi connectivity index (χ3v) is 3.50. The highest BCUT2D eigenvalue weighted by Crippen LogP contribution is 2.30. The molecule has 2 aromatic rings. The highest BCUT2D eigenvalue weighted by atomic mass is 16.5. The number of esters is 1. The maximum Gasteiger partial charge on any atom is 0.338 e. The number of aliphatic hydroxyl groups excluding tert-OH is 2. The van der Waals surface area contributed by atoms with E-state index >= 15 is 0 Å². The Morgan fingerprint density at radius 3 is 2.35 bits per heavy atom. The van der Waals surface area contributed by atoms with Crippen LogP contribution < -0.4 is 4.74 Å². The average molecular weight is 316 g/mol. The van der Waals surface area contributed by atoms with Crippen LogP contribution in [0.15, 0.2) is 48.5 Å². The van der Waals surface area contributed by atoms with Crippen molar-refractivity contribution < 1.29 is 24.5 Å². The van der Waals surface area contributed by atoms with E-state index in [1.54, 1.807) is 38.3 Å². The highest BCUT2D eigenvalue weighted by Gasteiger charge is 2.26. The van der Waals surface area contributed by atoms with Gasteiger partial charge in [-0.2, -0.15) is 0 Å². The van der Waals surface area contributed by atoms with Gasteiger partial charge in [0.1, 0.15) is 11.9 Å². The lowest BCUT2D eigenvalue weighted by Gasteiger charge is -2.17. The molecule has 2 N–H and O–H groups in total. The van der Waals surface area contributed by atoms with E-state index in [2.05, 4.69) is 0 Å². The molecule has 2 rings (SSSR count). The van der Waals surface area contributed by atoms with Gasteiger partial charge in [0.2, 0.25) is 0 Å². The SMILES string of the molecule is CCOC(=O)C(O)C(O)c1ccc(-c2ccccc2OC)cc1. The Hall–Kier alpha value is -2.37. The molecule has 0 aliphatic heterocycles. The summed E-state index contributed by atoms with van der Waals surface area (Å²) in [5.41, 5.74) is 2.26. The number of aliphatic hydroxyl groups is 2. The smallest absolute Gasteiger partial charge is 0.338 e. The van der Waals surface area contributed by atoms with E-state index in [1.165, 1.54) is 0 Å². The van der Waals surface area contributed by atoms with Crippen molar-refractivity contribution in [3.63, 3.8) is 0 Å². The fourth-order valence-electron chi connectivity index (χ4n) is 2.28. The van der Waals surface area contributed by atoms with E-state index in [1.807, 2.05) is 24.3 Å². The van der Waals surface area contributed by atoms with E-state index in [4.69, 9.17) is 9.47 Å². The van der Waals surface area contributed by atoms with Crippen LogP contribution in [0.4, 0.5) is 0 Å². The standard InChI is InChI=1S/C18H20O5/c1-3-23-18(21)17(20)16(19)13-10-8-12(9-11-13)14-6-4-5-7-15(14)22-2/h4-11,16-17,19-20H,3H2,1-2H3. The van der Waals surface area contributed by atoms with Gasteiger partial charge in [0.25, 0.3) is 0 Å². The van der Waals surface area contributed by atoms with Gasteiger partial charge < -0.3 is 19.7 Å². The van der Waals surface area contributed by atoms with Crippen LogP contribution in [0.3, 0.4) is 0 Å². The molecule has 0 amide bonds. The maximum atomic E-state index is 11.5. The third-order valence-electron chi connectivity index (χ3n) is 3.50. The van der Waals surface area contributed by atoms with E-state index in [9.17, 15) is 15.0 Å². The number of benzene rings is 2. The zero-order valence-electron chi connectivity index (χ0n) is 13.1. The number of methoxy groups -OCH3 is 1. The Balaban J connectivity index is 2.20. The van der Waals surface area contributed by atoms with Crippen LogP contribution >= 0.6 is 0 Å². The molecule has 0 radical (unpaired) electrons. The van der Waals surface area contributed by atoms with Crippen molar-refractivity contribution in [2.75, 3.05) is 13.7 Å². The minimum Gasteiger partial charge on any atom is -0.496 e. The zero-order chi connectivity index (χ0) is 16.8. The number of hydrogen-bond donors (Lipinski definition) is 2. The molecule has 0 bridgehead atoms. The molecule has 2 unspecified atom stereocenters. The summed E-state index contributed by atoms with van der Waals surface area (Å²) in [6, 6.07) is 14.5. The Labute approximate surface area is 135 Å². The minimum absolute atomic E-state index is 0.148. The summed E-state index contributed by atoms with van der Waals surface area (Å²) in [6.07, 6.45) is -2.94. The zero-order valence-corrected chi connectivity index (χ0v) is 13.1. The van der Waals surface area contributed by atoms with Crippen molar-refractivity contribution in [2.24, 2.45) is 0 Å². The quantitative estimate of drug-likeness (QED) is 0.800. The number of carbonyl (C=O) groups is 1. The molecule has 0 aliphatic rings. The van der Waals surface area contributed by atoms with Gasteiger partial charge in [-0.3, -0.25) is 0 Å². The van der Waals surface area contributed by atoms with Gasteiger partial charge in [-0.05, 0) is 24.1 Å². The largest absolute Gasteiger partial charge is 0.496 e. The molecule has 5 heteroatoms. The molecule has 0 fully saturated rings. The summed E-state index contributed by atoms with van der Waals surface area (Å²) < 4.78 is 10.0. The summed E-state index contributed by atoms with van der Waals surface area (Å²) >= 11 is 0. The van der Waals surface area contributed by atoms with E-state index < -0.39 is 18.2 Å². The molecule has 0 saturated carbocycles. The van der Waals surface area contributed by atoms with Crippen LogP contribution in [0.5, 0.6) is 5.75 Å². The Bertz CT molecular complexity index is 651. The van der Waals surface area contributed by atoms with Crippen molar-refractivity contribution in [1.29, 1.82) is 0 Å². The maximum absolute atomic E-state index is 11.5. The lowest BCUT2D eigenvalue weighted by atomic mass is 9.99. The number of carbonyl (C=O) groups excluding carboxylic acids is 1. The van der Waals surface area contributed by atoms with Crippen LogP contribution in [0.1, 0.15) is 18.6 Å². The third kappa shape index (κ3) is 3.88. The lowest BCUT2D eigenvalue weighted by Crippen LogP contribution is -2.29. The first-order chi connectivity index (χ1) is 11.1. The molecule has 122 valence electrons. The van der Waals surface area contributed by atoms with E-state index in [0.717, 1.165) is 16.9 Å². The fourth-order valence-corrected chi connectivity index (χ4v) is 2.28. The predicted molar refractivity (Wildman–Crippen MR) is 86.0 cm³/mol. The molecule has 0 aliphatic carbocycles. The predicted octanol–water partition coefficient (Wildman–Crippen LogP) is 2.32. The molecular formula is C18H20O5. The fraction of sp³-hybridized carbons (Fsp3) is 0.278. The van der Waals surface area contributed by atoms with Crippen molar-refractivity contribution in [1.82, 2.24) is 0 Å². The first-order valence-electron chi connectivity index (χ1n) is 7.34. The Kier molecular flexibility index (Phi) is 5.73. The molecular weight excluding hydrogens is 296 g/mol. The monoisotopic (exact) mass is 316 g/mol. The normalized spacial score (nSPS) is 13.2. The molecule has 0 saturated heterocycles. The molecule has 2 aromatic carbocycles. The van der Waals surface area contributed by atoms with Crippen LogP contribution in [0, 0.1) is 0 Å². The summed E-state index contributed by atoms with van der Waals surface area (Å²) in [5.74, 6) is -0.0961. The second-order valence-electron chi connectivity index (χ2n) is 4.96. The van der Waals surface area contributed by atoms with Crippen LogP contribution in [0.25, 0.3) is 11.1 Å².